The Kier molecular flexibility index (Phi) is 6.95. The molecule has 2 aromatic carbocycles. The number of benzene rings is 2. The first-order chi connectivity index (χ1) is 16.7. The molecule has 0 radical (unpaired) electrons. The van der Waals surface area contributed by atoms with Gasteiger partial charge in [-0.1, -0.05) is 44.2 Å². The molecule has 2 aromatic rings. The number of urea groups is 1. The van der Waals surface area contributed by atoms with Gasteiger partial charge in [-0.3, -0.25) is 14.5 Å². The highest BCUT2D eigenvalue weighted by Crippen LogP contribution is 2.38. The largest absolute Gasteiger partial charge is 0.325 e. The molecule has 4 amide bonds. The molecule has 1 saturated heterocycles. The summed E-state index contributed by atoms with van der Waals surface area (Å²) in [5.74, 6) is -1.03. The number of aryl methyl sites for hydroxylation is 1. The molecular formula is C25H30N4O5S. The number of anilines is 1. The zero-order valence-corrected chi connectivity index (χ0v) is 20.7. The highest BCUT2D eigenvalue weighted by atomic mass is 32.2. The second-order valence-corrected chi connectivity index (χ2v) is 10.7. The fourth-order valence-corrected chi connectivity index (χ4v) is 6.41. The lowest BCUT2D eigenvalue weighted by Gasteiger charge is -2.27. The second-order valence-electron chi connectivity index (χ2n) is 8.76. The van der Waals surface area contributed by atoms with Crippen molar-refractivity contribution in [2.24, 2.45) is 0 Å². The third-order valence-corrected chi connectivity index (χ3v) is 8.71. The minimum absolute atomic E-state index is 0.0583. The van der Waals surface area contributed by atoms with Crippen LogP contribution in [-0.2, 0) is 31.6 Å². The normalized spacial score (nSPS) is 20.0. The van der Waals surface area contributed by atoms with E-state index in [2.05, 4.69) is 10.6 Å². The second kappa shape index (κ2) is 9.79. The van der Waals surface area contributed by atoms with Crippen molar-refractivity contribution in [1.82, 2.24) is 14.5 Å². The Morgan fingerprint density at radius 3 is 2.57 bits per heavy atom. The van der Waals surface area contributed by atoms with Crippen LogP contribution >= 0.6 is 0 Å². The van der Waals surface area contributed by atoms with Gasteiger partial charge in [0.15, 0.2) is 0 Å². The molecule has 1 atom stereocenters. The lowest BCUT2D eigenvalue weighted by Crippen LogP contribution is -2.44. The van der Waals surface area contributed by atoms with Gasteiger partial charge in [-0.2, -0.15) is 4.31 Å². The molecule has 0 bridgehead atoms. The molecule has 35 heavy (non-hydrogen) atoms. The van der Waals surface area contributed by atoms with E-state index in [1.54, 1.807) is 19.9 Å². The molecule has 1 fully saturated rings. The summed E-state index contributed by atoms with van der Waals surface area (Å²) < 4.78 is 26.9. The summed E-state index contributed by atoms with van der Waals surface area (Å²) >= 11 is 0. The van der Waals surface area contributed by atoms with Crippen molar-refractivity contribution < 1.29 is 22.8 Å². The van der Waals surface area contributed by atoms with Crippen LogP contribution in [0.5, 0.6) is 0 Å². The molecule has 2 aliphatic rings. The first-order valence-corrected chi connectivity index (χ1v) is 13.3. The van der Waals surface area contributed by atoms with Gasteiger partial charge in [-0.25, -0.2) is 13.2 Å². The number of imide groups is 1. The molecule has 1 spiro atoms. The van der Waals surface area contributed by atoms with Crippen LogP contribution in [0.15, 0.2) is 53.4 Å². The zero-order valence-electron chi connectivity index (χ0n) is 19.9. The SMILES string of the molecule is CCN(CC)S(=O)(=O)c1cccc(NC(=O)CN2C(=O)N[C@]3(CCCCc4ccccc43)C2=O)c1. The van der Waals surface area contributed by atoms with Crippen LogP contribution in [0.3, 0.4) is 0 Å². The van der Waals surface area contributed by atoms with E-state index in [0.717, 1.165) is 35.3 Å². The van der Waals surface area contributed by atoms with Crippen LogP contribution in [0.4, 0.5) is 10.5 Å². The third-order valence-electron chi connectivity index (χ3n) is 6.66. The summed E-state index contributed by atoms with van der Waals surface area (Å²) in [7, 11) is -3.70. The Labute approximate surface area is 205 Å². The fraction of sp³-hybridized carbons (Fsp3) is 0.400. The minimum Gasteiger partial charge on any atom is -0.324 e. The first-order valence-electron chi connectivity index (χ1n) is 11.9. The number of hydrogen-bond donors (Lipinski definition) is 2. The lowest BCUT2D eigenvalue weighted by molar-refractivity contribution is -0.134. The summed E-state index contributed by atoms with van der Waals surface area (Å²) in [6, 6.07) is 12.9. The Morgan fingerprint density at radius 2 is 1.83 bits per heavy atom. The Balaban J connectivity index is 1.52. The van der Waals surface area contributed by atoms with Gasteiger partial charge in [-0.05, 0) is 55.0 Å². The maximum Gasteiger partial charge on any atom is 0.325 e. The zero-order chi connectivity index (χ0) is 25.2. The number of nitrogens with one attached hydrogen (secondary N) is 2. The average molecular weight is 499 g/mol. The minimum atomic E-state index is -3.70. The van der Waals surface area contributed by atoms with Crippen LogP contribution in [0.25, 0.3) is 0 Å². The van der Waals surface area contributed by atoms with Crippen molar-refractivity contribution in [2.75, 3.05) is 25.0 Å². The van der Waals surface area contributed by atoms with E-state index >= 15 is 0 Å². The molecule has 0 saturated carbocycles. The topological polar surface area (TPSA) is 116 Å². The number of nitrogens with zero attached hydrogens (tertiary/aromatic N) is 2. The van der Waals surface area contributed by atoms with Crippen molar-refractivity contribution in [2.45, 2.75) is 50.0 Å². The Bertz CT molecular complexity index is 1260. The van der Waals surface area contributed by atoms with Crippen molar-refractivity contribution in [3.63, 3.8) is 0 Å². The van der Waals surface area contributed by atoms with Crippen molar-refractivity contribution >= 4 is 33.6 Å². The number of rotatable bonds is 7. The van der Waals surface area contributed by atoms with Crippen molar-refractivity contribution in [3.05, 3.63) is 59.7 Å². The number of fused-ring (bicyclic) bond motifs is 2. The molecule has 1 aliphatic carbocycles. The van der Waals surface area contributed by atoms with Gasteiger partial charge in [0.2, 0.25) is 15.9 Å². The number of carbonyl (C=O) groups is 3. The number of sulfonamides is 1. The molecule has 9 nitrogen and oxygen atoms in total. The highest BCUT2D eigenvalue weighted by molar-refractivity contribution is 7.89. The van der Waals surface area contributed by atoms with E-state index in [1.165, 1.54) is 22.5 Å². The quantitative estimate of drug-likeness (QED) is 0.570. The molecule has 1 heterocycles. The summed E-state index contributed by atoms with van der Waals surface area (Å²) in [6.45, 7) is 3.69. The molecule has 0 unspecified atom stereocenters. The van der Waals surface area contributed by atoms with Gasteiger partial charge in [0, 0.05) is 18.8 Å². The van der Waals surface area contributed by atoms with E-state index in [0.29, 0.717) is 19.5 Å². The smallest absolute Gasteiger partial charge is 0.324 e. The highest BCUT2D eigenvalue weighted by Gasteiger charge is 2.53. The molecule has 10 heteroatoms. The molecule has 1 aliphatic heterocycles. The molecule has 186 valence electrons. The number of amides is 4. The van der Waals surface area contributed by atoms with E-state index in [9.17, 15) is 22.8 Å². The monoisotopic (exact) mass is 498 g/mol. The predicted octanol–water partition coefficient (Wildman–Crippen LogP) is 2.83. The molecule has 0 aromatic heterocycles. The number of hydrogen-bond acceptors (Lipinski definition) is 5. The van der Waals surface area contributed by atoms with Gasteiger partial charge in [0.25, 0.3) is 5.91 Å². The van der Waals surface area contributed by atoms with Crippen LogP contribution in [-0.4, -0.2) is 55.1 Å². The van der Waals surface area contributed by atoms with Crippen molar-refractivity contribution in [1.29, 1.82) is 0 Å². The number of carbonyl (C=O) groups excluding carboxylic acids is 3. The predicted molar refractivity (Wildman–Crippen MR) is 131 cm³/mol. The van der Waals surface area contributed by atoms with Crippen LogP contribution in [0.1, 0.15) is 44.2 Å². The van der Waals surface area contributed by atoms with E-state index in [1.807, 2.05) is 24.3 Å². The van der Waals surface area contributed by atoms with Gasteiger partial charge in [0.1, 0.15) is 12.1 Å². The van der Waals surface area contributed by atoms with Crippen molar-refractivity contribution in [3.8, 4) is 0 Å². The lowest BCUT2D eigenvalue weighted by atomic mass is 9.84. The average Bonchev–Trinajstić information content (AvgIpc) is 2.97. The molecule has 4 rings (SSSR count). The fourth-order valence-electron chi connectivity index (χ4n) is 4.91. The van der Waals surface area contributed by atoms with Gasteiger partial charge in [0.05, 0.1) is 4.90 Å². The summed E-state index contributed by atoms with van der Waals surface area (Å²) in [4.78, 5) is 40.1. The maximum atomic E-state index is 13.5. The maximum absolute atomic E-state index is 13.5. The van der Waals surface area contributed by atoms with Gasteiger partial charge < -0.3 is 10.6 Å². The standard InChI is InChI=1S/C25H30N4O5S/c1-3-28(4-2)35(33,34)20-13-9-12-19(16-20)26-22(30)17-29-23(31)25(27-24(29)32)15-8-7-11-18-10-5-6-14-21(18)25/h5-6,9-10,12-14,16H,3-4,7-8,11,15,17H2,1-2H3,(H,26,30)(H,27,32)/t25-/m0/s1. The van der Waals surface area contributed by atoms with Crippen LogP contribution < -0.4 is 10.6 Å². The Hall–Kier alpha value is -3.24. The van der Waals surface area contributed by atoms with Gasteiger partial charge in [-0.15, -0.1) is 0 Å². The summed E-state index contributed by atoms with van der Waals surface area (Å²) in [5.41, 5.74) is 0.913. The summed E-state index contributed by atoms with van der Waals surface area (Å²) in [5, 5.41) is 5.49. The molecular weight excluding hydrogens is 468 g/mol. The molecule has 2 N–H and O–H groups in total. The first kappa shape index (κ1) is 24.9. The third kappa shape index (κ3) is 4.55. The van der Waals surface area contributed by atoms with Crippen LogP contribution in [0, 0.1) is 0 Å². The van der Waals surface area contributed by atoms with Crippen LogP contribution in [0.2, 0.25) is 0 Å². The van der Waals surface area contributed by atoms with E-state index in [-0.39, 0.29) is 10.6 Å². The van der Waals surface area contributed by atoms with E-state index in [4.69, 9.17) is 0 Å². The Morgan fingerprint density at radius 1 is 1.09 bits per heavy atom. The summed E-state index contributed by atoms with van der Waals surface area (Å²) in [6.07, 6.45) is 2.98. The van der Waals surface area contributed by atoms with Gasteiger partial charge >= 0.3 is 6.03 Å². The van der Waals surface area contributed by atoms with E-state index < -0.39 is 40.0 Å².